The van der Waals surface area contributed by atoms with Gasteiger partial charge in [-0.25, -0.2) is 8.42 Å². The first-order chi connectivity index (χ1) is 8.89. The molecular formula is C14H22N2O2S. The molecule has 1 heterocycles. The first-order valence-electron chi connectivity index (χ1n) is 6.78. The average Bonchev–Trinajstić information content (AvgIpc) is 2.70. The minimum atomic E-state index is -3.50. The second-order valence-corrected chi connectivity index (χ2v) is 7.10. The van der Waals surface area contributed by atoms with Crippen LogP contribution < -0.4 is 5.73 Å². The molecule has 106 valence electrons. The largest absolute Gasteiger partial charge is 0.398 e. The zero-order chi connectivity index (χ0) is 14.2. The molecule has 1 fully saturated rings. The van der Waals surface area contributed by atoms with E-state index in [0.717, 1.165) is 19.3 Å². The number of sulfonamides is 1. The molecule has 1 aliphatic heterocycles. The molecule has 2 rings (SSSR count). The van der Waals surface area contributed by atoms with Crippen LogP contribution in [0.1, 0.15) is 38.7 Å². The zero-order valence-electron chi connectivity index (χ0n) is 11.8. The fourth-order valence-electron chi connectivity index (χ4n) is 3.00. The number of aryl methyl sites for hydroxylation is 1. The van der Waals surface area contributed by atoms with Gasteiger partial charge in [0.1, 0.15) is 4.90 Å². The van der Waals surface area contributed by atoms with Crippen molar-refractivity contribution < 1.29 is 8.42 Å². The predicted molar refractivity (Wildman–Crippen MR) is 77.4 cm³/mol. The molecule has 0 saturated carbocycles. The van der Waals surface area contributed by atoms with Crippen molar-refractivity contribution in [3.05, 3.63) is 23.8 Å². The Hall–Kier alpha value is -1.07. The van der Waals surface area contributed by atoms with Gasteiger partial charge < -0.3 is 5.73 Å². The van der Waals surface area contributed by atoms with Crippen LogP contribution in [0.3, 0.4) is 0 Å². The van der Waals surface area contributed by atoms with Crippen LogP contribution in [-0.4, -0.2) is 24.8 Å². The van der Waals surface area contributed by atoms with E-state index in [2.05, 4.69) is 0 Å². The second-order valence-electron chi connectivity index (χ2n) is 5.32. The molecule has 2 atom stereocenters. The Bertz CT molecular complexity index is 549. The van der Waals surface area contributed by atoms with E-state index in [4.69, 9.17) is 5.73 Å². The topological polar surface area (TPSA) is 63.4 Å². The normalized spacial score (nSPS) is 24.8. The summed E-state index contributed by atoms with van der Waals surface area (Å²) in [5.74, 6) is 0. The van der Waals surface area contributed by atoms with Gasteiger partial charge in [0.15, 0.2) is 0 Å². The zero-order valence-corrected chi connectivity index (χ0v) is 12.6. The Morgan fingerprint density at radius 1 is 1.37 bits per heavy atom. The van der Waals surface area contributed by atoms with Crippen LogP contribution in [0, 0.1) is 6.92 Å². The molecule has 0 spiro atoms. The molecule has 19 heavy (non-hydrogen) atoms. The van der Waals surface area contributed by atoms with Crippen molar-refractivity contribution in [1.29, 1.82) is 0 Å². The van der Waals surface area contributed by atoms with E-state index in [1.54, 1.807) is 29.4 Å². The molecule has 0 radical (unpaired) electrons. The van der Waals surface area contributed by atoms with Gasteiger partial charge in [-0.05, 0) is 44.7 Å². The molecule has 1 saturated heterocycles. The van der Waals surface area contributed by atoms with Crippen LogP contribution >= 0.6 is 0 Å². The maximum Gasteiger partial charge on any atom is 0.245 e. The molecule has 2 unspecified atom stereocenters. The number of nitrogens with two attached hydrogens (primary N) is 1. The molecule has 5 heteroatoms. The highest BCUT2D eigenvalue weighted by atomic mass is 32.2. The first-order valence-corrected chi connectivity index (χ1v) is 8.22. The van der Waals surface area contributed by atoms with Crippen molar-refractivity contribution >= 4 is 15.7 Å². The summed E-state index contributed by atoms with van der Waals surface area (Å²) in [7, 11) is -3.50. The summed E-state index contributed by atoms with van der Waals surface area (Å²) in [5, 5.41) is 0. The monoisotopic (exact) mass is 282 g/mol. The highest BCUT2D eigenvalue weighted by molar-refractivity contribution is 7.89. The van der Waals surface area contributed by atoms with Crippen molar-refractivity contribution in [3.8, 4) is 0 Å². The molecule has 0 bridgehead atoms. The van der Waals surface area contributed by atoms with E-state index in [1.807, 2.05) is 13.8 Å². The van der Waals surface area contributed by atoms with Crippen LogP contribution in [0.2, 0.25) is 0 Å². The fourth-order valence-corrected chi connectivity index (χ4v) is 5.28. The average molecular weight is 282 g/mol. The lowest BCUT2D eigenvalue weighted by atomic mass is 10.2. The van der Waals surface area contributed by atoms with Crippen LogP contribution in [0.25, 0.3) is 0 Å². The van der Waals surface area contributed by atoms with E-state index in [-0.39, 0.29) is 17.0 Å². The SMILES string of the molecule is CCC1CCC(C)N1S(=O)(=O)c1c(C)cccc1N. The first kappa shape index (κ1) is 14.3. The summed E-state index contributed by atoms with van der Waals surface area (Å²) < 4.78 is 27.5. The third-order valence-electron chi connectivity index (χ3n) is 3.96. The molecule has 0 amide bonds. The van der Waals surface area contributed by atoms with Crippen molar-refractivity contribution in [2.24, 2.45) is 0 Å². The number of anilines is 1. The van der Waals surface area contributed by atoms with Gasteiger partial charge in [-0.3, -0.25) is 0 Å². The van der Waals surface area contributed by atoms with Crippen LogP contribution in [0.15, 0.2) is 23.1 Å². The van der Waals surface area contributed by atoms with Crippen LogP contribution in [-0.2, 0) is 10.0 Å². The van der Waals surface area contributed by atoms with E-state index in [9.17, 15) is 8.42 Å². The maximum atomic E-state index is 12.9. The lowest BCUT2D eigenvalue weighted by Crippen LogP contribution is -2.40. The molecule has 1 aromatic rings. The van der Waals surface area contributed by atoms with Crippen molar-refractivity contribution in [2.75, 3.05) is 5.73 Å². The molecule has 0 aliphatic carbocycles. The van der Waals surface area contributed by atoms with Crippen molar-refractivity contribution in [2.45, 2.75) is 57.0 Å². The summed E-state index contributed by atoms with van der Waals surface area (Å²) in [6.07, 6.45) is 2.70. The Morgan fingerprint density at radius 2 is 2.05 bits per heavy atom. The summed E-state index contributed by atoms with van der Waals surface area (Å²) >= 11 is 0. The fraction of sp³-hybridized carbons (Fsp3) is 0.571. The van der Waals surface area contributed by atoms with Gasteiger partial charge in [-0.1, -0.05) is 19.1 Å². The second kappa shape index (κ2) is 5.13. The minimum Gasteiger partial charge on any atom is -0.398 e. The quantitative estimate of drug-likeness (QED) is 0.866. The minimum absolute atomic E-state index is 0.0500. The summed E-state index contributed by atoms with van der Waals surface area (Å²) in [5.41, 5.74) is 6.96. The Kier molecular flexibility index (Phi) is 3.87. The van der Waals surface area contributed by atoms with Gasteiger partial charge in [0.25, 0.3) is 0 Å². The third-order valence-corrected chi connectivity index (χ3v) is 6.25. The van der Waals surface area contributed by atoms with Gasteiger partial charge >= 0.3 is 0 Å². The molecule has 0 aromatic heterocycles. The van der Waals surface area contributed by atoms with E-state index < -0.39 is 10.0 Å². The van der Waals surface area contributed by atoms with Gasteiger partial charge in [-0.15, -0.1) is 0 Å². The molecule has 4 nitrogen and oxygen atoms in total. The third kappa shape index (κ3) is 2.37. The predicted octanol–water partition coefficient (Wildman–Crippen LogP) is 2.53. The smallest absolute Gasteiger partial charge is 0.245 e. The highest BCUT2D eigenvalue weighted by Crippen LogP contribution is 2.35. The Morgan fingerprint density at radius 3 is 2.63 bits per heavy atom. The molecule has 1 aliphatic rings. The Labute approximate surface area is 115 Å². The van der Waals surface area contributed by atoms with E-state index in [0.29, 0.717) is 11.3 Å². The number of nitrogen functional groups attached to an aromatic ring is 1. The van der Waals surface area contributed by atoms with Gasteiger partial charge in [-0.2, -0.15) is 4.31 Å². The lowest BCUT2D eigenvalue weighted by molar-refractivity contribution is 0.328. The summed E-state index contributed by atoms with van der Waals surface area (Å²) in [6.45, 7) is 5.80. The number of nitrogens with zero attached hydrogens (tertiary/aromatic N) is 1. The molecule has 2 N–H and O–H groups in total. The van der Waals surface area contributed by atoms with Gasteiger partial charge in [0.05, 0.1) is 5.69 Å². The van der Waals surface area contributed by atoms with Crippen LogP contribution in [0.4, 0.5) is 5.69 Å². The maximum absolute atomic E-state index is 12.9. The highest BCUT2D eigenvalue weighted by Gasteiger charge is 2.40. The molecular weight excluding hydrogens is 260 g/mol. The van der Waals surface area contributed by atoms with Gasteiger partial charge in [0, 0.05) is 12.1 Å². The standard InChI is InChI=1S/C14H22N2O2S/c1-4-12-9-8-11(3)16(12)19(17,18)14-10(2)6-5-7-13(14)15/h5-7,11-12H,4,8-9,15H2,1-3H3. The number of hydrogen-bond acceptors (Lipinski definition) is 3. The number of rotatable bonds is 3. The summed E-state index contributed by atoms with van der Waals surface area (Å²) in [4.78, 5) is 0.280. The van der Waals surface area contributed by atoms with Gasteiger partial charge in [0.2, 0.25) is 10.0 Å². The Balaban J connectivity index is 2.53. The van der Waals surface area contributed by atoms with E-state index in [1.165, 1.54) is 0 Å². The lowest BCUT2D eigenvalue weighted by Gasteiger charge is -2.28. The summed E-state index contributed by atoms with van der Waals surface area (Å²) in [6, 6.07) is 5.38. The van der Waals surface area contributed by atoms with Crippen LogP contribution in [0.5, 0.6) is 0 Å². The number of hydrogen-bond donors (Lipinski definition) is 1. The number of benzene rings is 1. The molecule has 1 aromatic carbocycles. The van der Waals surface area contributed by atoms with Crippen molar-refractivity contribution in [1.82, 2.24) is 4.31 Å². The van der Waals surface area contributed by atoms with E-state index >= 15 is 0 Å². The van der Waals surface area contributed by atoms with Crippen molar-refractivity contribution in [3.63, 3.8) is 0 Å².